The van der Waals surface area contributed by atoms with Crippen LogP contribution in [0.2, 0.25) is 0 Å². The van der Waals surface area contributed by atoms with Crippen molar-refractivity contribution in [2.45, 2.75) is 53.6 Å². The van der Waals surface area contributed by atoms with E-state index < -0.39 is 0 Å². The molecule has 1 aromatic carbocycles. The van der Waals surface area contributed by atoms with Crippen molar-refractivity contribution in [3.63, 3.8) is 0 Å². The molecule has 8 heteroatoms. The van der Waals surface area contributed by atoms with Crippen LogP contribution in [0, 0.1) is 0 Å². The molecule has 2 rings (SSSR count). The van der Waals surface area contributed by atoms with Crippen LogP contribution >= 0.6 is 24.0 Å². The van der Waals surface area contributed by atoms with Crippen LogP contribution in [0.25, 0.3) is 0 Å². The summed E-state index contributed by atoms with van der Waals surface area (Å²) in [5.41, 5.74) is 3.72. The molecule has 0 saturated heterocycles. The van der Waals surface area contributed by atoms with Gasteiger partial charge in [-0.2, -0.15) is 0 Å². The lowest BCUT2D eigenvalue weighted by Gasteiger charge is -2.12. The molecule has 2 aromatic rings. The standard InChI is InChI=1S/C21H31N5O2.HI/c1-5-18-17(19(6-2)28-26-18)14-25-21(23-8-4)24-13-15-10-9-11-16(12-15)20(27)22-7-3;/h9-12H,5-8,13-14H2,1-4H3,(H,22,27)(H2,23,24,25);1H. The summed E-state index contributed by atoms with van der Waals surface area (Å²) in [4.78, 5) is 16.7. The number of rotatable bonds is 9. The van der Waals surface area contributed by atoms with Crippen LogP contribution in [-0.4, -0.2) is 30.1 Å². The number of nitrogens with zero attached hydrogens (tertiary/aromatic N) is 2. The summed E-state index contributed by atoms with van der Waals surface area (Å²) in [6.07, 6.45) is 1.64. The number of nitrogens with one attached hydrogen (secondary N) is 3. The highest BCUT2D eigenvalue weighted by Crippen LogP contribution is 2.15. The summed E-state index contributed by atoms with van der Waals surface area (Å²) in [5.74, 6) is 1.57. The maximum absolute atomic E-state index is 12.0. The number of guanidine groups is 1. The normalized spacial score (nSPS) is 11.0. The van der Waals surface area contributed by atoms with Crippen molar-refractivity contribution < 1.29 is 9.32 Å². The third-order valence-corrected chi connectivity index (χ3v) is 4.33. The topological polar surface area (TPSA) is 91.5 Å². The Morgan fingerprint density at radius 3 is 2.48 bits per heavy atom. The lowest BCUT2D eigenvalue weighted by Crippen LogP contribution is -2.37. The second kappa shape index (κ2) is 13.2. The first-order valence-corrected chi connectivity index (χ1v) is 9.98. The monoisotopic (exact) mass is 513 g/mol. The van der Waals surface area contributed by atoms with Gasteiger partial charge in [-0.15, -0.1) is 24.0 Å². The third-order valence-electron chi connectivity index (χ3n) is 4.33. The maximum Gasteiger partial charge on any atom is 0.251 e. The number of aryl methyl sites for hydroxylation is 2. The Morgan fingerprint density at radius 2 is 1.83 bits per heavy atom. The van der Waals surface area contributed by atoms with Crippen molar-refractivity contribution in [3.05, 3.63) is 52.4 Å². The molecular formula is C21H32IN5O2. The van der Waals surface area contributed by atoms with Gasteiger partial charge in [-0.3, -0.25) is 4.79 Å². The molecule has 0 fully saturated rings. The van der Waals surface area contributed by atoms with E-state index in [4.69, 9.17) is 4.52 Å². The Hall–Kier alpha value is -2.10. The van der Waals surface area contributed by atoms with Gasteiger partial charge < -0.3 is 20.5 Å². The van der Waals surface area contributed by atoms with E-state index >= 15 is 0 Å². The zero-order valence-corrected chi connectivity index (χ0v) is 20.0. The predicted molar refractivity (Wildman–Crippen MR) is 127 cm³/mol. The SMILES string of the molecule is CCNC(=O)c1cccc(CN=C(NCC)NCc2c(CC)noc2CC)c1.I. The van der Waals surface area contributed by atoms with Crippen molar-refractivity contribution in [2.24, 2.45) is 4.99 Å². The summed E-state index contributed by atoms with van der Waals surface area (Å²) in [6, 6.07) is 7.54. The fraction of sp³-hybridized carbons (Fsp3) is 0.476. The van der Waals surface area contributed by atoms with Crippen LogP contribution in [0.5, 0.6) is 0 Å². The molecule has 29 heavy (non-hydrogen) atoms. The van der Waals surface area contributed by atoms with Crippen molar-refractivity contribution >= 4 is 35.8 Å². The lowest BCUT2D eigenvalue weighted by molar-refractivity contribution is 0.0955. The molecule has 0 aliphatic rings. The van der Waals surface area contributed by atoms with Crippen molar-refractivity contribution in [2.75, 3.05) is 13.1 Å². The minimum Gasteiger partial charge on any atom is -0.361 e. The first-order chi connectivity index (χ1) is 13.6. The number of hydrogen-bond donors (Lipinski definition) is 3. The average molecular weight is 513 g/mol. The highest BCUT2D eigenvalue weighted by molar-refractivity contribution is 14.0. The van der Waals surface area contributed by atoms with Gasteiger partial charge in [0.2, 0.25) is 0 Å². The van der Waals surface area contributed by atoms with Gasteiger partial charge in [0.05, 0.1) is 12.2 Å². The number of halogens is 1. The molecule has 0 unspecified atom stereocenters. The quantitative estimate of drug-likeness (QED) is 0.272. The molecule has 1 heterocycles. The number of aromatic nitrogens is 1. The van der Waals surface area contributed by atoms with E-state index in [0.29, 0.717) is 25.2 Å². The molecule has 0 spiro atoms. The molecule has 0 atom stereocenters. The highest BCUT2D eigenvalue weighted by Gasteiger charge is 2.13. The minimum atomic E-state index is -0.0648. The summed E-state index contributed by atoms with van der Waals surface area (Å²) in [6.45, 7) is 10.5. The van der Waals surface area contributed by atoms with E-state index in [1.807, 2.05) is 38.1 Å². The van der Waals surface area contributed by atoms with Gasteiger partial charge in [-0.05, 0) is 38.0 Å². The second-order valence-corrected chi connectivity index (χ2v) is 6.35. The van der Waals surface area contributed by atoms with Gasteiger partial charge in [-0.1, -0.05) is 31.1 Å². The van der Waals surface area contributed by atoms with Crippen molar-refractivity contribution in [1.82, 2.24) is 21.1 Å². The number of aliphatic imine (C=N–C) groups is 1. The molecular weight excluding hydrogens is 481 g/mol. The van der Waals surface area contributed by atoms with E-state index in [2.05, 4.69) is 39.9 Å². The van der Waals surface area contributed by atoms with E-state index in [9.17, 15) is 4.79 Å². The lowest BCUT2D eigenvalue weighted by atomic mass is 10.1. The van der Waals surface area contributed by atoms with Crippen LogP contribution < -0.4 is 16.0 Å². The Bertz CT molecular complexity index is 783. The van der Waals surface area contributed by atoms with E-state index in [0.717, 1.165) is 47.9 Å². The zero-order valence-electron chi connectivity index (χ0n) is 17.7. The van der Waals surface area contributed by atoms with Crippen LogP contribution in [0.4, 0.5) is 0 Å². The number of hydrogen-bond acceptors (Lipinski definition) is 4. The van der Waals surface area contributed by atoms with Gasteiger partial charge in [0.25, 0.3) is 5.91 Å². The summed E-state index contributed by atoms with van der Waals surface area (Å²) in [5, 5.41) is 13.6. The van der Waals surface area contributed by atoms with Crippen molar-refractivity contribution in [3.8, 4) is 0 Å². The van der Waals surface area contributed by atoms with Gasteiger partial charge in [0.1, 0.15) is 5.76 Å². The van der Waals surface area contributed by atoms with Gasteiger partial charge in [0.15, 0.2) is 5.96 Å². The van der Waals surface area contributed by atoms with Gasteiger partial charge >= 0.3 is 0 Å². The average Bonchev–Trinajstić information content (AvgIpc) is 3.12. The number of carbonyl (C=O) groups excluding carboxylic acids is 1. The molecule has 160 valence electrons. The van der Waals surface area contributed by atoms with E-state index in [1.54, 1.807) is 0 Å². The predicted octanol–water partition coefficient (Wildman–Crippen LogP) is 3.42. The Labute approximate surface area is 190 Å². The molecule has 3 N–H and O–H groups in total. The third kappa shape index (κ3) is 7.34. The zero-order chi connectivity index (χ0) is 20.4. The molecule has 0 bridgehead atoms. The molecule has 0 aliphatic heterocycles. The fourth-order valence-corrected chi connectivity index (χ4v) is 2.90. The van der Waals surface area contributed by atoms with Gasteiger partial charge in [0, 0.05) is 37.2 Å². The first-order valence-electron chi connectivity index (χ1n) is 9.98. The number of amides is 1. The smallest absolute Gasteiger partial charge is 0.251 e. The Kier molecular flexibility index (Phi) is 11.3. The Morgan fingerprint density at radius 1 is 1.07 bits per heavy atom. The van der Waals surface area contributed by atoms with Crippen LogP contribution in [0.15, 0.2) is 33.8 Å². The molecule has 1 aromatic heterocycles. The molecule has 1 amide bonds. The molecule has 7 nitrogen and oxygen atoms in total. The summed E-state index contributed by atoms with van der Waals surface area (Å²) in [7, 11) is 0. The number of carbonyl (C=O) groups is 1. The van der Waals surface area contributed by atoms with Crippen LogP contribution in [-0.2, 0) is 25.9 Å². The fourth-order valence-electron chi connectivity index (χ4n) is 2.90. The number of benzene rings is 1. The summed E-state index contributed by atoms with van der Waals surface area (Å²) < 4.78 is 5.42. The second-order valence-electron chi connectivity index (χ2n) is 6.35. The van der Waals surface area contributed by atoms with Crippen LogP contribution in [0.1, 0.15) is 60.6 Å². The highest BCUT2D eigenvalue weighted by atomic mass is 127. The Balaban J connectivity index is 0.00000420. The van der Waals surface area contributed by atoms with E-state index in [-0.39, 0.29) is 29.9 Å². The molecule has 0 aliphatic carbocycles. The first kappa shape index (κ1) is 24.9. The van der Waals surface area contributed by atoms with Crippen LogP contribution in [0.3, 0.4) is 0 Å². The largest absolute Gasteiger partial charge is 0.361 e. The molecule has 0 radical (unpaired) electrons. The summed E-state index contributed by atoms with van der Waals surface area (Å²) >= 11 is 0. The maximum atomic E-state index is 12.0. The molecule has 0 saturated carbocycles. The van der Waals surface area contributed by atoms with Gasteiger partial charge in [-0.25, -0.2) is 4.99 Å². The minimum absolute atomic E-state index is 0. The van der Waals surface area contributed by atoms with Crippen molar-refractivity contribution in [1.29, 1.82) is 0 Å². The van der Waals surface area contributed by atoms with E-state index in [1.165, 1.54) is 0 Å².